The summed E-state index contributed by atoms with van der Waals surface area (Å²) in [6, 6.07) is 16.9. The summed E-state index contributed by atoms with van der Waals surface area (Å²) in [6.07, 6.45) is 0. The summed E-state index contributed by atoms with van der Waals surface area (Å²) in [6.45, 7) is 0. The third-order valence-electron chi connectivity index (χ3n) is 5.14. The SMILES string of the molecule is COc1ccc(NC(=O)CSc2nc3cc([N+](=O)[O-])ccc3n2-c2ccccc2OC)cc1OC. The van der Waals surface area contributed by atoms with Crippen molar-refractivity contribution in [1.82, 2.24) is 9.55 Å². The van der Waals surface area contributed by atoms with Gasteiger partial charge in [-0.15, -0.1) is 0 Å². The van der Waals surface area contributed by atoms with Crippen LogP contribution in [0.3, 0.4) is 0 Å². The molecular weight excluding hydrogens is 472 g/mol. The number of aromatic nitrogens is 2. The van der Waals surface area contributed by atoms with Gasteiger partial charge >= 0.3 is 0 Å². The highest BCUT2D eigenvalue weighted by molar-refractivity contribution is 7.99. The number of carbonyl (C=O) groups is 1. The summed E-state index contributed by atoms with van der Waals surface area (Å²) in [7, 11) is 4.62. The maximum Gasteiger partial charge on any atom is 0.271 e. The minimum absolute atomic E-state index is 0.0505. The van der Waals surface area contributed by atoms with Crippen molar-refractivity contribution in [3.63, 3.8) is 0 Å². The number of fused-ring (bicyclic) bond motifs is 1. The van der Waals surface area contributed by atoms with Crippen molar-refractivity contribution in [3.8, 4) is 22.9 Å². The number of methoxy groups -OCH3 is 3. The van der Waals surface area contributed by atoms with E-state index < -0.39 is 4.92 Å². The Bertz CT molecular complexity index is 1400. The van der Waals surface area contributed by atoms with Crippen molar-refractivity contribution in [3.05, 3.63) is 70.8 Å². The first-order valence-corrected chi connectivity index (χ1v) is 11.4. The summed E-state index contributed by atoms with van der Waals surface area (Å²) >= 11 is 1.20. The van der Waals surface area contributed by atoms with Gasteiger partial charge in [0.05, 0.1) is 48.7 Å². The minimum atomic E-state index is -0.467. The molecule has 11 heteroatoms. The highest BCUT2D eigenvalue weighted by atomic mass is 32.2. The van der Waals surface area contributed by atoms with Gasteiger partial charge in [0.2, 0.25) is 5.91 Å². The predicted octanol–water partition coefficient (Wildman–Crippen LogP) is 4.69. The lowest BCUT2D eigenvalue weighted by Crippen LogP contribution is -2.14. The first-order chi connectivity index (χ1) is 16.9. The first-order valence-electron chi connectivity index (χ1n) is 10.4. The smallest absolute Gasteiger partial charge is 0.271 e. The number of nitro groups is 1. The Kier molecular flexibility index (Phi) is 7.06. The molecular formula is C24H22N4O6S. The van der Waals surface area contributed by atoms with Gasteiger partial charge < -0.3 is 19.5 Å². The van der Waals surface area contributed by atoms with Crippen LogP contribution < -0.4 is 19.5 Å². The highest BCUT2D eigenvalue weighted by Gasteiger charge is 2.19. The zero-order chi connectivity index (χ0) is 24.9. The molecule has 0 saturated heterocycles. The topological polar surface area (TPSA) is 118 Å². The lowest BCUT2D eigenvalue weighted by atomic mass is 10.2. The number of thioether (sulfide) groups is 1. The number of ether oxygens (including phenoxy) is 3. The number of para-hydroxylation sites is 2. The number of nitrogens with zero attached hydrogens (tertiary/aromatic N) is 3. The van der Waals surface area contributed by atoms with Crippen LogP contribution in [0.1, 0.15) is 0 Å². The number of hydrogen-bond acceptors (Lipinski definition) is 8. The average molecular weight is 495 g/mol. The fourth-order valence-corrected chi connectivity index (χ4v) is 4.37. The number of amides is 1. The van der Waals surface area contributed by atoms with Gasteiger partial charge in [0.15, 0.2) is 16.7 Å². The molecule has 1 N–H and O–H groups in total. The fourth-order valence-electron chi connectivity index (χ4n) is 3.55. The molecule has 0 aliphatic carbocycles. The lowest BCUT2D eigenvalue weighted by molar-refractivity contribution is -0.384. The predicted molar refractivity (Wildman–Crippen MR) is 133 cm³/mol. The van der Waals surface area contributed by atoms with Gasteiger partial charge in [-0.25, -0.2) is 4.98 Å². The van der Waals surface area contributed by atoms with Crippen molar-refractivity contribution in [2.45, 2.75) is 5.16 Å². The molecule has 0 unspecified atom stereocenters. The third-order valence-corrected chi connectivity index (χ3v) is 6.08. The molecule has 180 valence electrons. The van der Waals surface area contributed by atoms with Crippen molar-refractivity contribution < 1.29 is 23.9 Å². The second-order valence-electron chi connectivity index (χ2n) is 7.24. The quantitative estimate of drug-likeness (QED) is 0.202. The van der Waals surface area contributed by atoms with E-state index >= 15 is 0 Å². The normalized spacial score (nSPS) is 10.7. The van der Waals surface area contributed by atoms with E-state index in [4.69, 9.17) is 14.2 Å². The molecule has 0 bridgehead atoms. The average Bonchev–Trinajstić information content (AvgIpc) is 3.24. The third kappa shape index (κ3) is 4.99. The highest BCUT2D eigenvalue weighted by Crippen LogP contribution is 2.34. The van der Waals surface area contributed by atoms with Crippen LogP contribution in [-0.2, 0) is 4.79 Å². The van der Waals surface area contributed by atoms with Gasteiger partial charge in [-0.1, -0.05) is 23.9 Å². The van der Waals surface area contributed by atoms with E-state index in [0.29, 0.717) is 44.8 Å². The van der Waals surface area contributed by atoms with E-state index in [0.717, 1.165) is 0 Å². The number of nitro benzene ring substituents is 1. The zero-order valence-electron chi connectivity index (χ0n) is 19.2. The van der Waals surface area contributed by atoms with Crippen molar-refractivity contribution in [2.24, 2.45) is 0 Å². The van der Waals surface area contributed by atoms with E-state index in [1.54, 1.807) is 31.4 Å². The lowest BCUT2D eigenvalue weighted by Gasteiger charge is -2.13. The Morgan fingerprint density at radius 3 is 2.46 bits per heavy atom. The van der Waals surface area contributed by atoms with Crippen molar-refractivity contribution >= 4 is 40.1 Å². The maximum absolute atomic E-state index is 12.7. The van der Waals surface area contributed by atoms with E-state index in [1.807, 2.05) is 28.8 Å². The van der Waals surface area contributed by atoms with E-state index in [-0.39, 0.29) is 17.3 Å². The van der Waals surface area contributed by atoms with Crippen LogP contribution in [0.4, 0.5) is 11.4 Å². The molecule has 1 heterocycles. The number of benzene rings is 3. The molecule has 1 amide bonds. The standard InChI is InChI=1S/C24H22N4O6S/c1-32-20-7-5-4-6-19(20)27-18-10-9-16(28(30)31)13-17(18)26-24(27)35-14-23(29)25-15-8-11-21(33-2)22(12-15)34-3/h4-13H,14H2,1-3H3,(H,25,29). The minimum Gasteiger partial charge on any atom is -0.495 e. The molecule has 0 aliphatic rings. The van der Waals surface area contributed by atoms with E-state index in [2.05, 4.69) is 10.3 Å². The van der Waals surface area contributed by atoms with Crippen LogP contribution in [0.15, 0.2) is 65.8 Å². The summed E-state index contributed by atoms with van der Waals surface area (Å²) < 4.78 is 17.8. The molecule has 4 rings (SSSR count). The Morgan fingerprint density at radius 1 is 1.00 bits per heavy atom. The molecule has 4 aromatic rings. The van der Waals surface area contributed by atoms with Gasteiger partial charge in [0.25, 0.3) is 5.69 Å². The number of non-ortho nitro benzene ring substituents is 1. The number of hydrogen-bond donors (Lipinski definition) is 1. The summed E-state index contributed by atoms with van der Waals surface area (Å²) in [5, 5.41) is 14.6. The van der Waals surface area contributed by atoms with Gasteiger partial charge in [-0.3, -0.25) is 19.5 Å². The molecule has 10 nitrogen and oxygen atoms in total. The van der Waals surface area contributed by atoms with Crippen LogP contribution >= 0.6 is 11.8 Å². The van der Waals surface area contributed by atoms with Gasteiger partial charge in [-0.05, 0) is 30.3 Å². The molecule has 1 aromatic heterocycles. The number of imidazole rings is 1. The zero-order valence-corrected chi connectivity index (χ0v) is 20.0. The summed E-state index contributed by atoms with van der Waals surface area (Å²) in [5.41, 5.74) is 2.29. The van der Waals surface area contributed by atoms with Crippen LogP contribution in [-0.4, -0.2) is 47.5 Å². The van der Waals surface area contributed by atoms with Crippen LogP contribution in [0, 0.1) is 10.1 Å². The molecule has 0 radical (unpaired) electrons. The molecule has 0 spiro atoms. The van der Waals surface area contributed by atoms with Crippen molar-refractivity contribution in [2.75, 3.05) is 32.4 Å². The molecule has 0 aliphatic heterocycles. The molecule has 3 aromatic carbocycles. The Morgan fingerprint density at radius 2 is 1.74 bits per heavy atom. The summed E-state index contributed by atoms with van der Waals surface area (Å²) in [5.74, 6) is 1.44. The van der Waals surface area contributed by atoms with Crippen molar-refractivity contribution in [1.29, 1.82) is 0 Å². The largest absolute Gasteiger partial charge is 0.495 e. The van der Waals surface area contributed by atoms with Crippen LogP contribution in [0.5, 0.6) is 17.2 Å². The molecule has 35 heavy (non-hydrogen) atoms. The maximum atomic E-state index is 12.7. The number of rotatable bonds is 9. The monoisotopic (exact) mass is 494 g/mol. The van der Waals surface area contributed by atoms with E-state index in [1.165, 1.54) is 38.1 Å². The number of nitrogens with one attached hydrogen (secondary N) is 1. The van der Waals surface area contributed by atoms with Crippen LogP contribution in [0.2, 0.25) is 0 Å². The number of anilines is 1. The molecule has 0 saturated carbocycles. The fraction of sp³-hybridized carbons (Fsp3) is 0.167. The first kappa shape index (κ1) is 23.9. The second-order valence-corrected chi connectivity index (χ2v) is 8.18. The molecule has 0 atom stereocenters. The van der Waals surface area contributed by atoms with Gasteiger partial charge in [0.1, 0.15) is 5.75 Å². The Balaban J connectivity index is 1.64. The number of carbonyl (C=O) groups excluding carboxylic acids is 1. The summed E-state index contributed by atoms with van der Waals surface area (Å²) in [4.78, 5) is 28.1. The van der Waals surface area contributed by atoms with Gasteiger partial charge in [-0.2, -0.15) is 0 Å². The molecule has 0 fully saturated rings. The van der Waals surface area contributed by atoms with Crippen LogP contribution in [0.25, 0.3) is 16.7 Å². The Hall–Kier alpha value is -4.25. The van der Waals surface area contributed by atoms with Gasteiger partial charge in [0, 0.05) is 23.9 Å². The second kappa shape index (κ2) is 10.3. The van der Waals surface area contributed by atoms with E-state index in [9.17, 15) is 14.9 Å². The Labute approximate surface area is 205 Å².